The molecule has 1 fully saturated rings. The number of rotatable bonds is 3. The molecule has 0 amide bonds. The van der Waals surface area contributed by atoms with Crippen LogP contribution in [0.2, 0.25) is 0 Å². The molecule has 3 heterocycles. The van der Waals surface area contributed by atoms with Crippen LogP contribution < -0.4 is 10.5 Å². The van der Waals surface area contributed by atoms with Crippen molar-refractivity contribution < 1.29 is 9.90 Å². The minimum Gasteiger partial charge on any atom is -0.481 e. The Hall–Kier alpha value is -2.67. The molecule has 1 aliphatic rings. The van der Waals surface area contributed by atoms with Gasteiger partial charge in [-0.2, -0.15) is 0 Å². The Morgan fingerprint density at radius 1 is 1.32 bits per heavy atom. The average Bonchev–Trinajstić information content (AvgIpc) is 3.07. The van der Waals surface area contributed by atoms with Crippen molar-refractivity contribution >= 4 is 33.5 Å². The van der Waals surface area contributed by atoms with E-state index >= 15 is 0 Å². The highest BCUT2D eigenvalue weighted by molar-refractivity contribution is 7.17. The Labute approximate surface area is 147 Å². The third kappa shape index (κ3) is 2.91. The smallest absolute Gasteiger partial charge is 0.308 e. The van der Waals surface area contributed by atoms with E-state index < -0.39 is 11.9 Å². The monoisotopic (exact) mass is 355 g/mol. The van der Waals surface area contributed by atoms with E-state index in [0.29, 0.717) is 35.7 Å². The standard InChI is InChI=1S/C18H17N3O3S/c22-16-15-14(13(10-25-15)11-5-2-1-3-6-11)19-18(20-16)21-8-4-7-12(9-21)17(23)24/h1-3,5-6,10,12H,4,7-9H2,(H,23,24)(H,19,20,22)/t12-/m1/s1. The van der Waals surface area contributed by atoms with Crippen LogP contribution in [-0.4, -0.2) is 34.1 Å². The molecule has 1 aliphatic heterocycles. The van der Waals surface area contributed by atoms with Crippen LogP contribution in [0.15, 0.2) is 40.5 Å². The number of hydrogen-bond donors (Lipinski definition) is 2. The van der Waals surface area contributed by atoms with Gasteiger partial charge in [0.25, 0.3) is 5.56 Å². The van der Waals surface area contributed by atoms with E-state index in [1.165, 1.54) is 11.3 Å². The Morgan fingerprint density at radius 3 is 2.88 bits per heavy atom. The van der Waals surface area contributed by atoms with Crippen molar-refractivity contribution in [2.24, 2.45) is 5.92 Å². The summed E-state index contributed by atoms with van der Waals surface area (Å²) in [5.41, 5.74) is 2.44. The molecule has 4 rings (SSSR count). The van der Waals surface area contributed by atoms with Gasteiger partial charge < -0.3 is 10.0 Å². The lowest BCUT2D eigenvalue weighted by Gasteiger charge is -2.30. The number of nitrogens with one attached hydrogen (secondary N) is 1. The lowest BCUT2D eigenvalue weighted by molar-refractivity contribution is -0.141. The van der Waals surface area contributed by atoms with Crippen molar-refractivity contribution in [2.45, 2.75) is 12.8 Å². The normalized spacial score (nSPS) is 17.8. The van der Waals surface area contributed by atoms with Crippen LogP contribution in [0.1, 0.15) is 12.8 Å². The first-order chi connectivity index (χ1) is 12.1. The second-order valence-electron chi connectivity index (χ2n) is 6.21. The van der Waals surface area contributed by atoms with E-state index in [-0.39, 0.29) is 5.56 Å². The topological polar surface area (TPSA) is 86.3 Å². The van der Waals surface area contributed by atoms with Gasteiger partial charge in [0.05, 0.1) is 11.4 Å². The van der Waals surface area contributed by atoms with Gasteiger partial charge in [-0.05, 0) is 18.4 Å². The molecule has 1 saturated heterocycles. The van der Waals surface area contributed by atoms with Gasteiger partial charge in [-0.15, -0.1) is 11.3 Å². The summed E-state index contributed by atoms with van der Waals surface area (Å²) in [5, 5.41) is 11.2. The molecule has 0 aliphatic carbocycles. The number of hydrogen-bond acceptors (Lipinski definition) is 5. The molecule has 3 aromatic rings. The fraction of sp³-hybridized carbons (Fsp3) is 0.278. The number of benzene rings is 1. The minimum atomic E-state index is -0.798. The van der Waals surface area contributed by atoms with E-state index in [4.69, 9.17) is 0 Å². The molecule has 0 spiro atoms. The van der Waals surface area contributed by atoms with Gasteiger partial charge in [-0.25, -0.2) is 4.98 Å². The van der Waals surface area contributed by atoms with Crippen LogP contribution in [0.5, 0.6) is 0 Å². The molecule has 0 radical (unpaired) electrons. The summed E-state index contributed by atoms with van der Waals surface area (Å²) < 4.78 is 0.592. The molecule has 128 valence electrons. The van der Waals surface area contributed by atoms with Crippen LogP contribution in [0, 0.1) is 5.92 Å². The molecule has 1 atom stereocenters. The van der Waals surface area contributed by atoms with E-state index in [1.54, 1.807) is 0 Å². The number of thiophene rings is 1. The van der Waals surface area contributed by atoms with E-state index in [0.717, 1.165) is 17.5 Å². The van der Waals surface area contributed by atoms with Gasteiger partial charge in [-0.1, -0.05) is 30.3 Å². The summed E-state index contributed by atoms with van der Waals surface area (Å²) >= 11 is 1.38. The molecular formula is C18H17N3O3S. The zero-order chi connectivity index (χ0) is 17.4. The van der Waals surface area contributed by atoms with Crippen LogP contribution in [0.25, 0.3) is 21.3 Å². The first-order valence-electron chi connectivity index (χ1n) is 8.18. The molecular weight excluding hydrogens is 338 g/mol. The Morgan fingerprint density at radius 2 is 2.12 bits per heavy atom. The first-order valence-corrected chi connectivity index (χ1v) is 9.06. The number of fused-ring (bicyclic) bond motifs is 1. The maximum absolute atomic E-state index is 12.5. The Bertz CT molecular complexity index is 980. The van der Waals surface area contributed by atoms with Gasteiger partial charge in [-0.3, -0.25) is 14.6 Å². The predicted octanol–water partition coefficient (Wildman–Crippen LogP) is 2.95. The molecule has 25 heavy (non-hydrogen) atoms. The van der Waals surface area contributed by atoms with Crippen LogP contribution in [-0.2, 0) is 4.79 Å². The van der Waals surface area contributed by atoms with Crippen molar-refractivity contribution in [3.05, 3.63) is 46.1 Å². The minimum absolute atomic E-state index is 0.176. The highest BCUT2D eigenvalue weighted by Crippen LogP contribution is 2.32. The number of aromatic nitrogens is 2. The largest absolute Gasteiger partial charge is 0.481 e. The van der Waals surface area contributed by atoms with Crippen molar-refractivity contribution in [1.29, 1.82) is 0 Å². The van der Waals surface area contributed by atoms with Crippen LogP contribution >= 0.6 is 11.3 Å². The van der Waals surface area contributed by atoms with Gasteiger partial charge in [0.15, 0.2) is 0 Å². The molecule has 1 aromatic carbocycles. The summed E-state index contributed by atoms with van der Waals surface area (Å²) in [5.74, 6) is -0.765. The molecule has 0 bridgehead atoms. The number of piperidine rings is 1. The van der Waals surface area contributed by atoms with Crippen LogP contribution in [0.4, 0.5) is 5.95 Å². The zero-order valence-electron chi connectivity index (χ0n) is 13.4. The number of carboxylic acid groups (broad SMARTS) is 1. The fourth-order valence-electron chi connectivity index (χ4n) is 3.26. The van der Waals surface area contributed by atoms with Crippen molar-refractivity contribution in [1.82, 2.24) is 9.97 Å². The molecule has 0 unspecified atom stereocenters. The molecule has 0 saturated carbocycles. The quantitative estimate of drug-likeness (QED) is 0.754. The van der Waals surface area contributed by atoms with Gasteiger partial charge in [0, 0.05) is 24.0 Å². The first kappa shape index (κ1) is 15.8. The van der Waals surface area contributed by atoms with Crippen molar-refractivity contribution in [3.8, 4) is 11.1 Å². The number of aliphatic carboxylic acids is 1. The number of aromatic amines is 1. The lowest BCUT2D eigenvalue weighted by Crippen LogP contribution is -2.40. The second kappa shape index (κ2) is 6.33. The molecule has 7 heteroatoms. The zero-order valence-corrected chi connectivity index (χ0v) is 14.3. The molecule has 6 nitrogen and oxygen atoms in total. The number of H-pyrrole nitrogens is 1. The number of carboxylic acids is 1. The summed E-state index contributed by atoms with van der Waals surface area (Å²) in [6.45, 7) is 1.07. The third-order valence-electron chi connectivity index (χ3n) is 4.57. The summed E-state index contributed by atoms with van der Waals surface area (Å²) in [4.78, 5) is 33.1. The van der Waals surface area contributed by atoms with Crippen LogP contribution in [0.3, 0.4) is 0 Å². The maximum Gasteiger partial charge on any atom is 0.308 e. The third-order valence-corrected chi connectivity index (χ3v) is 5.54. The maximum atomic E-state index is 12.5. The summed E-state index contributed by atoms with van der Waals surface area (Å²) in [6.07, 6.45) is 1.43. The second-order valence-corrected chi connectivity index (χ2v) is 7.09. The van der Waals surface area contributed by atoms with E-state index in [9.17, 15) is 14.7 Å². The SMILES string of the molecule is O=C(O)[C@@H]1CCCN(c2nc3c(-c4ccccc4)csc3c(=O)[nH]2)C1. The van der Waals surface area contributed by atoms with Crippen molar-refractivity contribution in [2.75, 3.05) is 18.0 Å². The highest BCUT2D eigenvalue weighted by Gasteiger charge is 2.27. The van der Waals surface area contributed by atoms with Gasteiger partial charge in [0.1, 0.15) is 4.70 Å². The number of anilines is 1. The van der Waals surface area contributed by atoms with Gasteiger partial charge >= 0.3 is 5.97 Å². The number of nitrogens with zero attached hydrogens (tertiary/aromatic N) is 2. The van der Waals surface area contributed by atoms with Crippen molar-refractivity contribution in [3.63, 3.8) is 0 Å². The van der Waals surface area contributed by atoms with E-state index in [1.807, 2.05) is 40.6 Å². The lowest BCUT2D eigenvalue weighted by atomic mass is 9.99. The molecule has 2 N–H and O–H groups in total. The average molecular weight is 355 g/mol. The predicted molar refractivity (Wildman–Crippen MR) is 98.2 cm³/mol. The molecule has 2 aromatic heterocycles. The Kier molecular flexibility index (Phi) is 4.01. The number of carbonyl (C=O) groups is 1. The fourth-order valence-corrected chi connectivity index (χ4v) is 4.17. The Balaban J connectivity index is 1.78. The highest BCUT2D eigenvalue weighted by atomic mass is 32.1. The summed E-state index contributed by atoms with van der Waals surface area (Å²) in [6, 6.07) is 9.84. The summed E-state index contributed by atoms with van der Waals surface area (Å²) in [7, 11) is 0. The van der Waals surface area contributed by atoms with E-state index in [2.05, 4.69) is 9.97 Å². The van der Waals surface area contributed by atoms with Gasteiger partial charge in [0.2, 0.25) is 5.95 Å².